The summed E-state index contributed by atoms with van der Waals surface area (Å²) in [6, 6.07) is 0. The van der Waals surface area contributed by atoms with Gasteiger partial charge < -0.3 is 0 Å². The number of rotatable bonds is 6. The van der Waals surface area contributed by atoms with Gasteiger partial charge in [0.05, 0.1) is 0 Å². The largest absolute Gasteiger partial charge is 0.0845 e. The molecule has 0 nitrogen and oxygen atoms in total. The van der Waals surface area contributed by atoms with Crippen molar-refractivity contribution in [3.63, 3.8) is 0 Å². The zero-order valence-electron chi connectivity index (χ0n) is 18.9. The van der Waals surface area contributed by atoms with Crippen molar-refractivity contribution in [1.82, 2.24) is 0 Å². The number of allylic oxidation sites excluding steroid dienone is 2. The molecular weight excluding hydrogens is 324 g/mol. The highest BCUT2D eigenvalue weighted by molar-refractivity contribution is 5.24. The van der Waals surface area contributed by atoms with Gasteiger partial charge in [0.1, 0.15) is 0 Å². The Hall–Kier alpha value is -0.260. The Morgan fingerprint density at radius 2 is 1.81 bits per heavy atom. The Balaban J connectivity index is 1.40. The van der Waals surface area contributed by atoms with Crippen LogP contribution in [0.15, 0.2) is 11.6 Å². The number of hydrogen-bond donors (Lipinski definition) is 0. The molecule has 0 amide bonds. The minimum absolute atomic E-state index is 0.581. The third-order valence-corrected chi connectivity index (χ3v) is 10.0. The van der Waals surface area contributed by atoms with Gasteiger partial charge in [-0.1, -0.05) is 71.4 Å². The Kier molecular flexibility index (Phi) is 5.84. The van der Waals surface area contributed by atoms with Crippen LogP contribution in [0.4, 0.5) is 0 Å². The molecule has 4 rings (SSSR count). The Bertz CT molecular complexity index is 542. The minimum atomic E-state index is 0.581. The molecule has 0 heterocycles. The lowest BCUT2D eigenvalue weighted by atomic mass is 9.47. The van der Waals surface area contributed by atoms with Crippen LogP contribution in [0.25, 0.3) is 0 Å². The SMILES string of the molecule is CC(C)CCCCC[C@H]1CCC2C3CC=C4CCCC[C@]4(C)C3CC[C@@]21C. The second kappa shape index (κ2) is 7.87. The molecule has 0 aromatic rings. The molecule has 0 aliphatic heterocycles. The highest BCUT2D eigenvalue weighted by Gasteiger charge is 2.57. The first-order chi connectivity index (χ1) is 12.9. The molecule has 3 unspecified atom stereocenters. The van der Waals surface area contributed by atoms with E-state index in [1.807, 2.05) is 5.57 Å². The first-order valence-corrected chi connectivity index (χ1v) is 12.6. The molecule has 27 heavy (non-hydrogen) atoms. The van der Waals surface area contributed by atoms with Gasteiger partial charge in [-0.05, 0) is 98.2 Å². The molecule has 0 aromatic heterocycles. The lowest BCUT2D eigenvalue weighted by Crippen LogP contribution is -2.49. The molecule has 0 spiro atoms. The number of hydrogen-bond acceptors (Lipinski definition) is 0. The zero-order chi connectivity index (χ0) is 19.1. The van der Waals surface area contributed by atoms with E-state index in [1.165, 1.54) is 70.6 Å². The molecule has 4 aliphatic rings. The van der Waals surface area contributed by atoms with Crippen LogP contribution in [-0.2, 0) is 0 Å². The van der Waals surface area contributed by atoms with E-state index >= 15 is 0 Å². The summed E-state index contributed by atoms with van der Waals surface area (Å²) in [5.74, 6) is 4.99. The van der Waals surface area contributed by atoms with Gasteiger partial charge in [-0.25, -0.2) is 0 Å². The van der Waals surface area contributed by atoms with Crippen molar-refractivity contribution in [2.45, 2.75) is 118 Å². The standard InChI is InChI=1S/C27H46/c1-20(2)10-6-5-7-11-22-14-16-24-23-15-13-21-12-8-9-18-26(21,3)25(23)17-19-27(22,24)4/h13,20,22-25H,5-12,14-19H2,1-4H3/t22-,23?,24?,25?,26-,27+/m0/s1. The topological polar surface area (TPSA) is 0 Å². The lowest BCUT2D eigenvalue weighted by molar-refractivity contribution is -0.0425. The van der Waals surface area contributed by atoms with Crippen molar-refractivity contribution in [2.75, 3.05) is 0 Å². The van der Waals surface area contributed by atoms with Crippen LogP contribution >= 0.6 is 0 Å². The minimum Gasteiger partial charge on any atom is -0.0845 e. The summed E-state index contributed by atoms with van der Waals surface area (Å²) in [6.45, 7) is 10.1. The predicted molar refractivity (Wildman–Crippen MR) is 118 cm³/mol. The summed E-state index contributed by atoms with van der Waals surface area (Å²) in [4.78, 5) is 0. The molecule has 0 bridgehead atoms. The monoisotopic (exact) mass is 370 g/mol. The highest BCUT2D eigenvalue weighted by atomic mass is 14.6. The van der Waals surface area contributed by atoms with Gasteiger partial charge in [0.2, 0.25) is 0 Å². The lowest BCUT2D eigenvalue weighted by Gasteiger charge is -2.57. The van der Waals surface area contributed by atoms with Gasteiger partial charge in [-0.2, -0.15) is 0 Å². The van der Waals surface area contributed by atoms with E-state index in [9.17, 15) is 0 Å². The fourth-order valence-electron chi connectivity index (χ4n) is 8.40. The van der Waals surface area contributed by atoms with Gasteiger partial charge in [0, 0.05) is 0 Å². The van der Waals surface area contributed by atoms with E-state index < -0.39 is 0 Å². The first kappa shape index (κ1) is 20.0. The van der Waals surface area contributed by atoms with Crippen molar-refractivity contribution >= 4 is 0 Å². The molecule has 3 fully saturated rings. The van der Waals surface area contributed by atoms with Crippen LogP contribution in [0.5, 0.6) is 0 Å². The van der Waals surface area contributed by atoms with Gasteiger partial charge in [0.25, 0.3) is 0 Å². The first-order valence-electron chi connectivity index (χ1n) is 12.6. The second-order valence-electron chi connectivity index (χ2n) is 11.8. The zero-order valence-corrected chi connectivity index (χ0v) is 18.9. The summed E-state index contributed by atoms with van der Waals surface area (Å²) in [5, 5.41) is 0. The smallest absolute Gasteiger partial charge is 0.00853 e. The maximum absolute atomic E-state index is 2.74. The highest BCUT2D eigenvalue weighted by Crippen LogP contribution is 2.66. The second-order valence-corrected chi connectivity index (χ2v) is 11.8. The van der Waals surface area contributed by atoms with E-state index in [4.69, 9.17) is 0 Å². The Morgan fingerprint density at radius 1 is 0.963 bits per heavy atom. The van der Waals surface area contributed by atoms with E-state index in [0.717, 1.165) is 29.6 Å². The molecule has 0 radical (unpaired) electrons. The van der Waals surface area contributed by atoms with Crippen molar-refractivity contribution in [3.8, 4) is 0 Å². The normalized spacial score (nSPS) is 43.8. The molecule has 154 valence electrons. The Labute approximate surface area is 170 Å². The molecule has 0 saturated heterocycles. The van der Waals surface area contributed by atoms with Crippen molar-refractivity contribution in [1.29, 1.82) is 0 Å². The van der Waals surface area contributed by atoms with Crippen LogP contribution in [0.2, 0.25) is 0 Å². The van der Waals surface area contributed by atoms with Gasteiger partial charge in [-0.3, -0.25) is 0 Å². The quantitative estimate of drug-likeness (QED) is 0.324. The molecule has 6 atom stereocenters. The molecule has 4 aliphatic carbocycles. The molecule has 0 heteroatoms. The van der Waals surface area contributed by atoms with Crippen LogP contribution in [0.1, 0.15) is 118 Å². The van der Waals surface area contributed by atoms with E-state index in [0.29, 0.717) is 10.8 Å². The fourth-order valence-corrected chi connectivity index (χ4v) is 8.40. The molecular formula is C27H46. The number of fused-ring (bicyclic) bond motifs is 5. The summed E-state index contributed by atoms with van der Waals surface area (Å²) < 4.78 is 0. The third kappa shape index (κ3) is 3.57. The van der Waals surface area contributed by atoms with Crippen LogP contribution in [-0.4, -0.2) is 0 Å². The summed E-state index contributed by atoms with van der Waals surface area (Å²) in [7, 11) is 0. The van der Waals surface area contributed by atoms with Crippen molar-refractivity contribution in [2.24, 2.45) is 40.4 Å². The average molecular weight is 371 g/mol. The summed E-state index contributed by atoms with van der Waals surface area (Å²) in [6.07, 6.45) is 23.6. The summed E-state index contributed by atoms with van der Waals surface area (Å²) in [5.41, 5.74) is 3.13. The third-order valence-electron chi connectivity index (χ3n) is 10.0. The fraction of sp³-hybridized carbons (Fsp3) is 0.926. The van der Waals surface area contributed by atoms with Crippen LogP contribution < -0.4 is 0 Å². The van der Waals surface area contributed by atoms with E-state index in [2.05, 4.69) is 33.8 Å². The van der Waals surface area contributed by atoms with Crippen LogP contribution in [0.3, 0.4) is 0 Å². The molecule has 0 aromatic carbocycles. The number of unbranched alkanes of at least 4 members (excludes halogenated alkanes) is 2. The summed E-state index contributed by atoms with van der Waals surface area (Å²) >= 11 is 0. The van der Waals surface area contributed by atoms with Crippen molar-refractivity contribution in [3.05, 3.63) is 11.6 Å². The Morgan fingerprint density at radius 3 is 2.63 bits per heavy atom. The van der Waals surface area contributed by atoms with E-state index in [1.54, 1.807) is 19.3 Å². The van der Waals surface area contributed by atoms with Gasteiger partial charge in [0.15, 0.2) is 0 Å². The average Bonchev–Trinajstić information content (AvgIpc) is 2.97. The maximum Gasteiger partial charge on any atom is -0.00853 e. The van der Waals surface area contributed by atoms with E-state index in [-0.39, 0.29) is 0 Å². The van der Waals surface area contributed by atoms with Gasteiger partial charge in [-0.15, -0.1) is 0 Å². The molecule has 0 N–H and O–H groups in total. The molecule has 3 saturated carbocycles. The van der Waals surface area contributed by atoms with Gasteiger partial charge >= 0.3 is 0 Å². The van der Waals surface area contributed by atoms with Crippen molar-refractivity contribution < 1.29 is 0 Å². The predicted octanol–water partition coefficient (Wildman–Crippen LogP) is 8.56. The van der Waals surface area contributed by atoms with Crippen LogP contribution in [0, 0.1) is 40.4 Å². The maximum atomic E-state index is 2.74.